The van der Waals surface area contributed by atoms with Crippen LogP contribution in [0.15, 0.2) is 36.8 Å². The molecule has 0 atom stereocenters. The smallest absolute Gasteiger partial charge is 0.223 e. The Labute approximate surface area is 245 Å². The number of piperidine rings is 1. The Balaban J connectivity index is 1.25. The Kier molecular flexibility index (Phi) is 9.21. The molecule has 3 N–H and O–H groups in total. The number of sulfonamides is 1. The van der Waals surface area contributed by atoms with E-state index in [4.69, 9.17) is 11.6 Å². The number of nitrogens with one attached hydrogen (secondary N) is 2. The molecular formula is C28H35ClN8O3S. The zero-order valence-corrected chi connectivity index (χ0v) is 24.6. The molecule has 11 nitrogen and oxygen atoms in total. The maximum Gasteiger partial charge on any atom is 0.223 e. The zero-order valence-electron chi connectivity index (χ0n) is 23.0. The number of aliphatic hydroxyl groups excluding tert-OH is 1. The van der Waals surface area contributed by atoms with Crippen LogP contribution < -0.4 is 10.6 Å². The Morgan fingerprint density at radius 1 is 1.12 bits per heavy atom. The van der Waals surface area contributed by atoms with Gasteiger partial charge in [-0.1, -0.05) is 17.7 Å². The van der Waals surface area contributed by atoms with Crippen molar-refractivity contribution in [1.82, 2.24) is 29.4 Å². The number of halogens is 1. The number of hydrogen-bond acceptors (Lipinski definition) is 9. The van der Waals surface area contributed by atoms with Crippen molar-refractivity contribution in [3.63, 3.8) is 0 Å². The van der Waals surface area contributed by atoms with Gasteiger partial charge in [0.25, 0.3) is 0 Å². The molecule has 1 aromatic carbocycles. The second-order valence-electron chi connectivity index (χ2n) is 10.9. The van der Waals surface area contributed by atoms with Gasteiger partial charge in [0.2, 0.25) is 16.0 Å². The number of aliphatic hydroxyl groups is 1. The van der Waals surface area contributed by atoms with Crippen LogP contribution in [0.25, 0.3) is 16.9 Å². The van der Waals surface area contributed by atoms with Gasteiger partial charge in [0.1, 0.15) is 6.07 Å². The maximum atomic E-state index is 11.8. The highest BCUT2D eigenvalue weighted by Gasteiger charge is 2.26. The highest BCUT2D eigenvalue weighted by Crippen LogP contribution is 2.28. The summed E-state index contributed by atoms with van der Waals surface area (Å²) in [7, 11) is -3.20. The van der Waals surface area contributed by atoms with Gasteiger partial charge < -0.3 is 15.7 Å². The number of rotatable bonds is 9. The van der Waals surface area contributed by atoms with Gasteiger partial charge in [-0.25, -0.2) is 27.4 Å². The van der Waals surface area contributed by atoms with E-state index in [9.17, 15) is 18.8 Å². The number of aromatic nitrogens is 4. The van der Waals surface area contributed by atoms with Gasteiger partial charge in [0.05, 0.1) is 40.6 Å². The Morgan fingerprint density at radius 3 is 2.54 bits per heavy atom. The average molecular weight is 599 g/mol. The lowest BCUT2D eigenvalue weighted by atomic mass is 9.86. The molecule has 1 saturated carbocycles. The third-order valence-corrected chi connectivity index (χ3v) is 9.59. The summed E-state index contributed by atoms with van der Waals surface area (Å²) < 4.78 is 26.7. The molecule has 3 aromatic rings. The molecule has 1 aliphatic heterocycles. The molecule has 2 aromatic heterocycles. The second-order valence-corrected chi connectivity index (χ2v) is 13.3. The van der Waals surface area contributed by atoms with Gasteiger partial charge in [0, 0.05) is 50.1 Å². The summed E-state index contributed by atoms with van der Waals surface area (Å²) >= 11 is 6.66. The lowest BCUT2D eigenvalue weighted by molar-refractivity contribution is 0.175. The molecule has 3 heterocycles. The normalized spacial score (nSPS) is 20.5. The fraction of sp³-hybridized carbons (Fsp3) is 0.500. The standard InChI is InChI=1S/C28H35ClN8O3S/c1-41(39,40)36-10-8-24(9-11-36)34-28-32-15-21(13-30)27(35-28)22-16-33-37(17-22)26-7-4-20(12-25(26)29)14-31-23-5-2-19(18-38)3-6-23/h4,7,12,15-17,19,23-24,31,38H,2-3,5-6,8-11,14,18H2,1H3,(H,32,34,35)/t19-,23+. The molecule has 0 bridgehead atoms. The highest BCUT2D eigenvalue weighted by molar-refractivity contribution is 7.88. The van der Waals surface area contributed by atoms with Gasteiger partial charge in [0.15, 0.2) is 0 Å². The van der Waals surface area contributed by atoms with Crippen LogP contribution in [0.3, 0.4) is 0 Å². The van der Waals surface area contributed by atoms with E-state index in [1.165, 1.54) is 16.8 Å². The molecule has 13 heteroatoms. The summed E-state index contributed by atoms with van der Waals surface area (Å²) in [5, 5.41) is 31.0. The Hall–Kier alpha value is -3.08. The molecule has 0 amide bonds. The number of nitriles is 1. The van der Waals surface area contributed by atoms with Gasteiger partial charge in [-0.15, -0.1) is 0 Å². The van der Waals surface area contributed by atoms with Gasteiger partial charge in [-0.3, -0.25) is 0 Å². The minimum Gasteiger partial charge on any atom is -0.396 e. The van der Waals surface area contributed by atoms with E-state index in [0.717, 1.165) is 31.2 Å². The quantitative estimate of drug-likeness (QED) is 0.337. The number of nitrogens with zero attached hydrogens (tertiary/aromatic N) is 6. The number of benzene rings is 1. The largest absolute Gasteiger partial charge is 0.396 e. The van der Waals surface area contributed by atoms with E-state index < -0.39 is 10.0 Å². The first-order chi connectivity index (χ1) is 19.7. The molecular weight excluding hydrogens is 564 g/mol. The minimum absolute atomic E-state index is 0.0268. The average Bonchev–Trinajstić information content (AvgIpc) is 3.46. The van der Waals surface area contributed by atoms with E-state index in [2.05, 4.69) is 31.8 Å². The summed E-state index contributed by atoms with van der Waals surface area (Å²) in [4.78, 5) is 8.92. The third-order valence-electron chi connectivity index (χ3n) is 7.98. The topological polar surface area (TPSA) is 149 Å². The van der Waals surface area contributed by atoms with Crippen molar-refractivity contribution < 1.29 is 13.5 Å². The van der Waals surface area contributed by atoms with Gasteiger partial charge in [-0.05, 0) is 62.1 Å². The second kappa shape index (κ2) is 12.8. The van der Waals surface area contributed by atoms with E-state index in [0.29, 0.717) is 77.9 Å². The maximum absolute atomic E-state index is 11.8. The monoisotopic (exact) mass is 598 g/mol. The van der Waals surface area contributed by atoms with Crippen molar-refractivity contribution in [2.24, 2.45) is 5.92 Å². The molecule has 0 spiro atoms. The van der Waals surface area contributed by atoms with Crippen molar-refractivity contribution in [3.8, 4) is 23.0 Å². The molecule has 0 unspecified atom stereocenters. The van der Waals surface area contributed by atoms with Crippen molar-refractivity contribution >= 4 is 27.6 Å². The molecule has 218 valence electrons. The Bertz CT molecular complexity index is 1510. The molecule has 2 fully saturated rings. The van der Waals surface area contributed by atoms with Crippen LogP contribution in [0.1, 0.15) is 49.7 Å². The minimum atomic E-state index is -3.20. The van der Waals surface area contributed by atoms with Crippen LogP contribution in [-0.4, -0.2) is 75.6 Å². The molecule has 41 heavy (non-hydrogen) atoms. The fourth-order valence-corrected chi connectivity index (χ4v) is 6.67. The van der Waals surface area contributed by atoms with E-state index in [1.807, 2.05) is 18.2 Å². The molecule has 1 aliphatic carbocycles. The van der Waals surface area contributed by atoms with E-state index >= 15 is 0 Å². The lowest BCUT2D eigenvalue weighted by Crippen LogP contribution is -2.42. The number of anilines is 1. The first-order valence-electron chi connectivity index (χ1n) is 13.9. The van der Waals surface area contributed by atoms with Crippen LogP contribution in [0.4, 0.5) is 5.95 Å². The fourth-order valence-electron chi connectivity index (χ4n) is 5.50. The lowest BCUT2D eigenvalue weighted by Gasteiger charge is -2.30. The van der Waals surface area contributed by atoms with Gasteiger partial charge >= 0.3 is 0 Å². The summed E-state index contributed by atoms with van der Waals surface area (Å²) in [5.74, 6) is 0.812. The molecule has 5 rings (SSSR count). The van der Waals surface area contributed by atoms with Crippen LogP contribution >= 0.6 is 11.6 Å². The molecule has 0 radical (unpaired) electrons. The van der Waals surface area contributed by atoms with Crippen molar-refractivity contribution in [3.05, 3.63) is 52.9 Å². The third kappa shape index (κ3) is 7.23. The van der Waals surface area contributed by atoms with Crippen LogP contribution in [0.2, 0.25) is 5.02 Å². The summed E-state index contributed by atoms with van der Waals surface area (Å²) in [6, 6.07) is 8.52. The van der Waals surface area contributed by atoms with Crippen molar-refractivity contribution in [2.75, 3.05) is 31.3 Å². The van der Waals surface area contributed by atoms with Crippen molar-refractivity contribution in [2.45, 2.75) is 57.2 Å². The molecule has 1 saturated heterocycles. The van der Waals surface area contributed by atoms with Crippen molar-refractivity contribution in [1.29, 1.82) is 5.26 Å². The van der Waals surface area contributed by atoms with E-state index in [1.54, 1.807) is 17.1 Å². The van der Waals surface area contributed by atoms with Crippen LogP contribution in [0, 0.1) is 17.2 Å². The number of hydrogen-bond donors (Lipinski definition) is 3. The van der Waals surface area contributed by atoms with Crippen LogP contribution in [-0.2, 0) is 16.6 Å². The zero-order chi connectivity index (χ0) is 29.0. The predicted octanol–water partition coefficient (Wildman–Crippen LogP) is 3.33. The SMILES string of the molecule is CS(=O)(=O)N1CCC(Nc2ncc(C#N)c(-c3cnn(-c4ccc(CN[C@H]5CC[C@@H](CO)CC5)cc4Cl)c3)n2)CC1. The Morgan fingerprint density at radius 2 is 1.88 bits per heavy atom. The first-order valence-corrected chi connectivity index (χ1v) is 16.1. The first kappa shape index (κ1) is 29.4. The van der Waals surface area contributed by atoms with E-state index in [-0.39, 0.29) is 12.6 Å². The van der Waals surface area contributed by atoms with Gasteiger partial charge in [-0.2, -0.15) is 10.4 Å². The summed E-state index contributed by atoms with van der Waals surface area (Å²) in [6.45, 7) is 1.87. The predicted molar refractivity (Wildman–Crippen MR) is 157 cm³/mol. The highest BCUT2D eigenvalue weighted by atomic mass is 35.5. The molecule has 2 aliphatic rings. The summed E-state index contributed by atoms with van der Waals surface area (Å²) in [6.07, 6.45) is 11.7. The summed E-state index contributed by atoms with van der Waals surface area (Å²) in [5.41, 5.74) is 3.23. The van der Waals surface area contributed by atoms with Crippen LogP contribution in [0.5, 0.6) is 0 Å².